The summed E-state index contributed by atoms with van der Waals surface area (Å²) in [5.74, 6) is -0.458. The van der Waals surface area contributed by atoms with Crippen LogP contribution in [0.2, 0.25) is 0 Å². The van der Waals surface area contributed by atoms with E-state index in [0.717, 1.165) is 49.7 Å². The van der Waals surface area contributed by atoms with Crippen molar-refractivity contribution in [1.29, 1.82) is 5.26 Å². The number of carboxylic acids is 1. The summed E-state index contributed by atoms with van der Waals surface area (Å²) in [6.45, 7) is 0. The number of hydrogen-bond donors (Lipinski definition) is 1. The van der Waals surface area contributed by atoms with E-state index in [9.17, 15) is 9.59 Å². The Labute approximate surface area is 165 Å². The summed E-state index contributed by atoms with van der Waals surface area (Å²) < 4.78 is 5.37. The highest BCUT2D eigenvalue weighted by molar-refractivity contribution is 5.73. The van der Waals surface area contributed by atoms with Gasteiger partial charge in [0.2, 0.25) is 0 Å². The lowest BCUT2D eigenvalue weighted by Gasteiger charge is -2.06. The van der Waals surface area contributed by atoms with E-state index >= 15 is 0 Å². The van der Waals surface area contributed by atoms with E-state index in [4.69, 9.17) is 15.1 Å². The molecule has 2 aromatic carbocycles. The largest absolute Gasteiger partial charge is 0.481 e. The van der Waals surface area contributed by atoms with Crippen LogP contribution in [0.4, 0.5) is 0 Å². The number of nitriles is 1. The van der Waals surface area contributed by atoms with Crippen LogP contribution in [0.1, 0.15) is 56.9 Å². The molecule has 2 aromatic rings. The monoisotopic (exact) mass is 379 g/mol. The fourth-order valence-electron chi connectivity index (χ4n) is 2.89. The predicted molar refractivity (Wildman–Crippen MR) is 107 cm³/mol. The third-order valence-corrected chi connectivity index (χ3v) is 4.45. The fraction of sp³-hybridized carbons (Fsp3) is 0.348. The summed E-state index contributed by atoms with van der Waals surface area (Å²) in [6, 6.07) is 16.7. The summed E-state index contributed by atoms with van der Waals surface area (Å²) in [5, 5.41) is 17.4. The van der Waals surface area contributed by atoms with E-state index in [1.165, 1.54) is 0 Å². The number of hydrogen-bond acceptors (Lipinski definition) is 4. The van der Waals surface area contributed by atoms with E-state index in [2.05, 4.69) is 6.07 Å². The minimum absolute atomic E-state index is 0.232. The maximum atomic E-state index is 11.9. The van der Waals surface area contributed by atoms with Gasteiger partial charge in [0.1, 0.15) is 5.75 Å². The Balaban J connectivity index is 1.67. The smallest absolute Gasteiger partial charge is 0.311 e. The number of aliphatic carboxylic acids is 1. The number of carbonyl (C=O) groups excluding carboxylic acids is 1. The summed E-state index contributed by atoms with van der Waals surface area (Å²) in [4.78, 5) is 22.3. The number of carboxylic acid groups (broad SMARTS) is 1. The molecule has 0 atom stereocenters. The summed E-state index contributed by atoms with van der Waals surface area (Å²) in [6.07, 6.45) is 5.98. The third-order valence-electron chi connectivity index (χ3n) is 4.45. The molecule has 1 N–H and O–H groups in total. The Bertz CT molecular complexity index is 804. The van der Waals surface area contributed by atoms with Gasteiger partial charge in [-0.1, -0.05) is 49.9 Å². The first-order valence-electron chi connectivity index (χ1n) is 9.61. The number of nitrogens with zero attached hydrogens (tertiary/aromatic N) is 1. The van der Waals surface area contributed by atoms with E-state index in [0.29, 0.717) is 17.7 Å². The van der Waals surface area contributed by atoms with Gasteiger partial charge in [-0.25, -0.2) is 0 Å². The molecule has 5 heteroatoms. The first-order chi connectivity index (χ1) is 13.6. The lowest BCUT2D eigenvalue weighted by atomic mass is 10.0. The minimum atomic E-state index is -0.743. The normalized spacial score (nSPS) is 10.2. The lowest BCUT2D eigenvalue weighted by Crippen LogP contribution is -2.07. The van der Waals surface area contributed by atoms with Gasteiger partial charge in [0.15, 0.2) is 0 Å². The number of carbonyl (C=O) groups is 2. The Hall–Kier alpha value is -3.13. The van der Waals surface area contributed by atoms with Crippen LogP contribution >= 0.6 is 0 Å². The molecule has 28 heavy (non-hydrogen) atoms. The molecule has 0 aliphatic rings. The van der Waals surface area contributed by atoms with Crippen LogP contribution in [0.5, 0.6) is 5.75 Å². The van der Waals surface area contributed by atoms with Crippen molar-refractivity contribution in [2.24, 2.45) is 0 Å². The predicted octanol–water partition coefficient (Wildman–Crippen LogP) is 5.34. The molecule has 0 saturated heterocycles. The highest BCUT2D eigenvalue weighted by atomic mass is 16.5. The van der Waals surface area contributed by atoms with Crippen LogP contribution in [0.15, 0.2) is 48.5 Å². The zero-order chi connectivity index (χ0) is 20.2. The van der Waals surface area contributed by atoms with Gasteiger partial charge in [-0.15, -0.1) is 0 Å². The average Bonchev–Trinajstić information content (AvgIpc) is 2.70. The number of rotatable bonds is 11. The van der Waals surface area contributed by atoms with Crippen LogP contribution in [0.3, 0.4) is 0 Å². The van der Waals surface area contributed by atoms with Crippen LogP contribution in [0.25, 0.3) is 11.1 Å². The quantitative estimate of drug-likeness (QED) is 0.324. The van der Waals surface area contributed by atoms with Crippen molar-refractivity contribution in [3.05, 3.63) is 54.1 Å². The summed E-state index contributed by atoms with van der Waals surface area (Å²) in [5.41, 5.74) is 2.61. The van der Waals surface area contributed by atoms with Gasteiger partial charge in [-0.3, -0.25) is 9.59 Å². The number of ether oxygens (including phenoxy) is 1. The van der Waals surface area contributed by atoms with Crippen LogP contribution < -0.4 is 4.74 Å². The van der Waals surface area contributed by atoms with Gasteiger partial charge in [0.25, 0.3) is 0 Å². The molecular formula is C23H25NO4. The second-order valence-electron chi connectivity index (χ2n) is 6.70. The summed E-state index contributed by atoms with van der Waals surface area (Å²) >= 11 is 0. The van der Waals surface area contributed by atoms with Crippen molar-refractivity contribution in [2.45, 2.75) is 51.4 Å². The molecule has 0 spiro atoms. The van der Waals surface area contributed by atoms with Gasteiger partial charge in [-0.2, -0.15) is 5.26 Å². The molecule has 5 nitrogen and oxygen atoms in total. The van der Waals surface area contributed by atoms with Crippen LogP contribution in [0, 0.1) is 11.3 Å². The van der Waals surface area contributed by atoms with Crippen molar-refractivity contribution in [3.8, 4) is 22.9 Å². The molecule has 0 aliphatic carbocycles. The molecule has 0 radical (unpaired) electrons. The molecule has 0 aliphatic heterocycles. The van der Waals surface area contributed by atoms with Crippen molar-refractivity contribution < 1.29 is 19.4 Å². The zero-order valence-corrected chi connectivity index (χ0v) is 15.9. The fourth-order valence-corrected chi connectivity index (χ4v) is 2.89. The Morgan fingerprint density at radius 1 is 0.786 bits per heavy atom. The average molecular weight is 379 g/mol. The van der Waals surface area contributed by atoms with Crippen molar-refractivity contribution >= 4 is 11.9 Å². The molecule has 0 heterocycles. The first-order valence-corrected chi connectivity index (χ1v) is 9.61. The van der Waals surface area contributed by atoms with E-state index in [1.54, 1.807) is 24.3 Å². The third kappa shape index (κ3) is 7.63. The van der Waals surface area contributed by atoms with Gasteiger partial charge in [0, 0.05) is 12.8 Å². The van der Waals surface area contributed by atoms with Gasteiger partial charge >= 0.3 is 11.9 Å². The zero-order valence-electron chi connectivity index (χ0n) is 15.9. The van der Waals surface area contributed by atoms with E-state index in [-0.39, 0.29) is 12.4 Å². The molecule has 0 bridgehead atoms. The maximum absolute atomic E-state index is 11.9. The number of unbranched alkanes of at least 4 members (excludes halogenated alkanes) is 5. The Morgan fingerprint density at radius 3 is 1.82 bits per heavy atom. The number of esters is 1. The van der Waals surface area contributed by atoms with E-state index < -0.39 is 5.97 Å². The second kappa shape index (κ2) is 11.6. The van der Waals surface area contributed by atoms with Crippen molar-refractivity contribution in [3.63, 3.8) is 0 Å². The van der Waals surface area contributed by atoms with E-state index in [1.807, 2.05) is 24.3 Å². The molecular weight excluding hydrogens is 354 g/mol. The highest BCUT2D eigenvalue weighted by Crippen LogP contribution is 2.23. The molecule has 0 saturated carbocycles. The molecule has 0 unspecified atom stereocenters. The molecule has 146 valence electrons. The first kappa shape index (κ1) is 21.2. The van der Waals surface area contributed by atoms with Crippen molar-refractivity contribution in [1.82, 2.24) is 0 Å². The van der Waals surface area contributed by atoms with Crippen LogP contribution in [-0.4, -0.2) is 17.0 Å². The molecule has 0 amide bonds. The minimum Gasteiger partial charge on any atom is -0.481 e. The lowest BCUT2D eigenvalue weighted by molar-refractivity contribution is -0.137. The van der Waals surface area contributed by atoms with Crippen LogP contribution in [-0.2, 0) is 9.59 Å². The van der Waals surface area contributed by atoms with Gasteiger partial charge < -0.3 is 9.84 Å². The molecule has 0 fully saturated rings. The highest BCUT2D eigenvalue weighted by Gasteiger charge is 2.06. The topological polar surface area (TPSA) is 87.4 Å². The SMILES string of the molecule is N#Cc1ccc(-c2ccc(OC(=O)CCCCCCCCC(=O)O)cc2)cc1. The molecule has 0 aromatic heterocycles. The Morgan fingerprint density at radius 2 is 1.29 bits per heavy atom. The van der Waals surface area contributed by atoms with Gasteiger partial charge in [0.05, 0.1) is 11.6 Å². The van der Waals surface area contributed by atoms with Crippen molar-refractivity contribution in [2.75, 3.05) is 0 Å². The standard InChI is InChI=1S/C23H25NO4/c24-17-18-9-11-19(12-10-18)20-13-15-21(16-14-20)28-23(27)8-6-4-2-1-3-5-7-22(25)26/h9-16H,1-8H2,(H,25,26). The second-order valence-corrected chi connectivity index (χ2v) is 6.70. The Kier molecular flexibility index (Phi) is 8.74. The maximum Gasteiger partial charge on any atom is 0.311 e. The van der Waals surface area contributed by atoms with Gasteiger partial charge in [-0.05, 0) is 48.2 Å². The summed E-state index contributed by atoms with van der Waals surface area (Å²) in [7, 11) is 0. The molecule has 2 rings (SSSR count). The number of benzene rings is 2.